The molecular formula is C15H29N4O2P. The van der Waals surface area contributed by atoms with Crippen LogP contribution in [0.25, 0.3) is 0 Å². The largest absolute Gasteiger partial charge is 0.494 e. The van der Waals surface area contributed by atoms with E-state index in [4.69, 9.17) is 9.57 Å². The lowest BCUT2D eigenvalue weighted by atomic mass is 10.3. The fraction of sp³-hybridized carbons (Fsp3) is 0.600. The van der Waals surface area contributed by atoms with Gasteiger partial charge in [0.05, 0.1) is 6.61 Å². The Hall–Kier alpha value is -1.07. The van der Waals surface area contributed by atoms with Crippen molar-refractivity contribution < 1.29 is 9.57 Å². The van der Waals surface area contributed by atoms with Crippen LogP contribution in [0.3, 0.4) is 0 Å². The third-order valence-corrected chi connectivity index (χ3v) is 6.68. The first-order valence-corrected chi connectivity index (χ1v) is 8.99. The van der Waals surface area contributed by atoms with Gasteiger partial charge in [-0.3, -0.25) is 0 Å². The fourth-order valence-electron chi connectivity index (χ4n) is 2.21. The van der Waals surface area contributed by atoms with Gasteiger partial charge in [-0.25, -0.2) is 14.0 Å². The van der Waals surface area contributed by atoms with E-state index in [1.54, 1.807) is 0 Å². The molecule has 126 valence electrons. The summed E-state index contributed by atoms with van der Waals surface area (Å²) in [5.41, 5.74) is 0. The zero-order chi connectivity index (χ0) is 16.8. The molecule has 0 N–H and O–H groups in total. The molecule has 1 aromatic rings. The number of nitrogens with zero attached hydrogens (tertiary/aromatic N) is 4. The third kappa shape index (κ3) is 4.46. The minimum Gasteiger partial charge on any atom is -0.494 e. The monoisotopic (exact) mass is 328 g/mol. The number of rotatable bonds is 8. The lowest BCUT2D eigenvalue weighted by Crippen LogP contribution is -2.31. The van der Waals surface area contributed by atoms with Gasteiger partial charge in [0, 0.05) is 0 Å². The lowest BCUT2D eigenvalue weighted by molar-refractivity contribution is 0.311. The van der Waals surface area contributed by atoms with Crippen molar-refractivity contribution in [3.8, 4) is 11.5 Å². The Morgan fingerprint density at radius 2 is 1.32 bits per heavy atom. The Morgan fingerprint density at radius 1 is 0.864 bits per heavy atom. The van der Waals surface area contributed by atoms with E-state index in [0.29, 0.717) is 5.75 Å². The summed E-state index contributed by atoms with van der Waals surface area (Å²) in [6.07, 6.45) is 0.995. The van der Waals surface area contributed by atoms with Crippen LogP contribution in [-0.2, 0) is 0 Å². The van der Waals surface area contributed by atoms with Crippen LogP contribution in [-0.4, -0.2) is 62.9 Å². The predicted octanol–water partition coefficient (Wildman–Crippen LogP) is 3.40. The minimum absolute atomic E-state index is 0.707. The highest BCUT2D eigenvalue weighted by molar-refractivity contribution is 7.58. The maximum Gasteiger partial charge on any atom is 0.210 e. The van der Waals surface area contributed by atoms with Crippen LogP contribution in [0.15, 0.2) is 29.2 Å². The molecule has 0 amide bonds. The van der Waals surface area contributed by atoms with Crippen molar-refractivity contribution in [1.29, 1.82) is 0 Å². The third-order valence-electron chi connectivity index (χ3n) is 3.16. The van der Waals surface area contributed by atoms with Gasteiger partial charge in [-0.1, -0.05) is 11.8 Å². The molecule has 1 aromatic carbocycles. The second-order valence-corrected chi connectivity index (χ2v) is 9.21. The zero-order valence-electron chi connectivity index (χ0n) is 14.8. The normalized spacial score (nSPS) is 12.1. The maximum absolute atomic E-state index is 5.71. The quantitative estimate of drug-likeness (QED) is 0.540. The number of hydrogen-bond donors (Lipinski definition) is 0. The van der Waals surface area contributed by atoms with Crippen LogP contribution in [0.1, 0.15) is 13.3 Å². The van der Waals surface area contributed by atoms with Crippen molar-refractivity contribution >= 4 is 7.51 Å². The molecule has 0 atom stereocenters. The Balaban J connectivity index is 2.95. The molecule has 0 saturated heterocycles. The molecule has 0 aliphatic rings. The average molecular weight is 328 g/mol. The van der Waals surface area contributed by atoms with E-state index in [0.717, 1.165) is 18.8 Å². The smallest absolute Gasteiger partial charge is 0.210 e. The summed E-state index contributed by atoms with van der Waals surface area (Å²) in [5, 5.41) is 0. The Morgan fingerprint density at radius 3 is 1.73 bits per heavy atom. The second-order valence-electron chi connectivity index (χ2n) is 5.57. The molecule has 0 fully saturated rings. The summed E-state index contributed by atoms with van der Waals surface area (Å²) in [7, 11) is 10.1. The van der Waals surface area contributed by atoms with E-state index in [9.17, 15) is 0 Å². The molecule has 0 saturated carbocycles. The van der Waals surface area contributed by atoms with Crippen molar-refractivity contribution in [3.05, 3.63) is 24.3 Å². The first-order valence-electron chi connectivity index (χ1n) is 7.39. The molecule has 0 radical (unpaired) electrons. The lowest BCUT2D eigenvalue weighted by Gasteiger charge is -2.39. The number of hydrogen-bond acceptors (Lipinski definition) is 3. The minimum atomic E-state index is -2.04. The van der Waals surface area contributed by atoms with Gasteiger partial charge in [0.1, 0.15) is 5.75 Å². The first-order chi connectivity index (χ1) is 10.3. The second kappa shape index (κ2) is 8.53. The van der Waals surface area contributed by atoms with Crippen LogP contribution in [0.5, 0.6) is 11.5 Å². The summed E-state index contributed by atoms with van der Waals surface area (Å²) >= 11 is 0. The highest BCUT2D eigenvalue weighted by atomic mass is 31.2. The predicted molar refractivity (Wildman–Crippen MR) is 93.3 cm³/mol. The molecule has 22 heavy (non-hydrogen) atoms. The van der Waals surface area contributed by atoms with E-state index in [1.165, 1.54) is 0 Å². The van der Waals surface area contributed by atoms with Crippen molar-refractivity contribution in [3.63, 3.8) is 0 Å². The molecule has 1 rings (SSSR count). The van der Waals surface area contributed by atoms with Gasteiger partial charge in [-0.2, -0.15) is 0 Å². The summed E-state index contributed by atoms with van der Waals surface area (Å²) in [6, 6.07) is 7.57. The highest BCUT2D eigenvalue weighted by Crippen LogP contribution is 2.54. The fourth-order valence-corrected chi connectivity index (χ4v) is 5.00. The summed E-state index contributed by atoms with van der Waals surface area (Å²) in [6.45, 7) is 2.81. The van der Waals surface area contributed by atoms with Gasteiger partial charge in [-0.05, 0) is 73.0 Å². The molecular weight excluding hydrogens is 299 g/mol. The van der Waals surface area contributed by atoms with Crippen LogP contribution in [0.4, 0.5) is 0 Å². The Labute approximate surface area is 134 Å². The molecule has 0 unspecified atom stereocenters. The SMILES string of the molecule is CCCOc1ccc(ON=P(N(C)C)(N(C)C)N(C)C)cc1. The summed E-state index contributed by atoms with van der Waals surface area (Å²) in [5.74, 6) is 1.56. The van der Waals surface area contributed by atoms with E-state index < -0.39 is 7.51 Å². The molecule has 0 spiro atoms. The van der Waals surface area contributed by atoms with Crippen LogP contribution in [0, 0.1) is 0 Å². The van der Waals surface area contributed by atoms with Gasteiger partial charge in [0.2, 0.25) is 7.51 Å². The standard InChI is InChI=1S/C15H29N4O2P/c1-8-13-20-14-9-11-15(12-10-14)21-16-22(17(2)3,18(4)5)19(6)7/h9-12H,8,13H2,1-7H3. The number of ether oxygens (including phenoxy) is 1. The number of benzene rings is 1. The van der Waals surface area contributed by atoms with Crippen LogP contribution >= 0.6 is 7.51 Å². The molecule has 0 aliphatic heterocycles. The van der Waals surface area contributed by atoms with Crippen molar-refractivity contribution in [2.45, 2.75) is 13.3 Å². The molecule has 6 nitrogen and oxygen atoms in total. The van der Waals surface area contributed by atoms with Gasteiger partial charge in [0.25, 0.3) is 0 Å². The van der Waals surface area contributed by atoms with E-state index >= 15 is 0 Å². The summed E-state index contributed by atoms with van der Waals surface area (Å²) < 4.78 is 11.9. The van der Waals surface area contributed by atoms with Crippen molar-refractivity contribution in [2.75, 3.05) is 48.9 Å². The van der Waals surface area contributed by atoms with Gasteiger partial charge in [-0.15, -0.1) is 0 Å². The van der Waals surface area contributed by atoms with Gasteiger partial charge in [0.15, 0.2) is 5.75 Å². The zero-order valence-corrected chi connectivity index (χ0v) is 15.7. The summed E-state index contributed by atoms with van der Waals surface area (Å²) in [4.78, 5) is 10.3. The molecule has 7 heteroatoms. The Kier molecular flexibility index (Phi) is 7.36. The van der Waals surface area contributed by atoms with E-state index in [2.05, 4.69) is 25.8 Å². The van der Waals surface area contributed by atoms with Crippen molar-refractivity contribution in [2.24, 2.45) is 4.91 Å². The Bertz CT molecular complexity index is 472. The van der Waals surface area contributed by atoms with Crippen LogP contribution < -0.4 is 9.57 Å². The average Bonchev–Trinajstić information content (AvgIpc) is 2.45. The first kappa shape index (κ1) is 19.0. The molecule has 0 bridgehead atoms. The molecule has 0 aliphatic carbocycles. The van der Waals surface area contributed by atoms with E-state index in [-0.39, 0.29) is 0 Å². The molecule has 0 heterocycles. The highest BCUT2D eigenvalue weighted by Gasteiger charge is 2.29. The molecule has 0 aromatic heterocycles. The van der Waals surface area contributed by atoms with Crippen LogP contribution in [0.2, 0.25) is 0 Å². The van der Waals surface area contributed by atoms with Crippen molar-refractivity contribution in [1.82, 2.24) is 14.0 Å². The maximum atomic E-state index is 5.71. The van der Waals surface area contributed by atoms with E-state index in [1.807, 2.05) is 66.6 Å². The van der Waals surface area contributed by atoms with Gasteiger partial charge < -0.3 is 9.57 Å². The van der Waals surface area contributed by atoms with Gasteiger partial charge >= 0.3 is 0 Å². The topological polar surface area (TPSA) is 40.5 Å².